The van der Waals surface area contributed by atoms with Gasteiger partial charge in [-0.1, -0.05) is 0 Å². The summed E-state index contributed by atoms with van der Waals surface area (Å²) in [5, 5.41) is 0. The molecule has 0 radical (unpaired) electrons. The van der Waals surface area contributed by atoms with Crippen molar-refractivity contribution in [1.29, 1.82) is 0 Å². The Morgan fingerprint density at radius 2 is 1.75 bits per heavy atom. The maximum Gasteiger partial charge on any atom is 0.163 e. The van der Waals surface area contributed by atoms with Crippen LogP contribution < -0.4 is 0 Å². The van der Waals surface area contributed by atoms with Gasteiger partial charge in [0.2, 0.25) is 0 Å². The minimum Gasteiger partial charge on any atom is -0.345 e. The van der Waals surface area contributed by atoms with Gasteiger partial charge >= 0.3 is 0 Å². The minimum absolute atomic E-state index is 0.148. The van der Waals surface area contributed by atoms with Crippen molar-refractivity contribution in [2.75, 3.05) is 0 Å². The molecule has 1 aliphatic heterocycles. The fourth-order valence-electron chi connectivity index (χ4n) is 2.11. The summed E-state index contributed by atoms with van der Waals surface area (Å²) in [6.45, 7) is 3.84. The monoisotopic (exact) mass is 170 g/mol. The summed E-state index contributed by atoms with van der Waals surface area (Å²) < 4.78 is 11.2. The van der Waals surface area contributed by atoms with Crippen molar-refractivity contribution in [2.24, 2.45) is 5.92 Å². The highest BCUT2D eigenvalue weighted by Gasteiger charge is 2.47. The van der Waals surface area contributed by atoms with E-state index in [4.69, 9.17) is 9.47 Å². The van der Waals surface area contributed by atoms with Crippen LogP contribution in [0, 0.1) is 5.92 Å². The smallest absolute Gasteiger partial charge is 0.163 e. The van der Waals surface area contributed by atoms with Crippen molar-refractivity contribution in [1.82, 2.24) is 0 Å². The average Bonchev–Trinajstić information content (AvgIpc) is 2.40. The number of rotatable bonds is 1. The van der Waals surface area contributed by atoms with E-state index in [2.05, 4.69) is 0 Å². The molecule has 2 atom stereocenters. The van der Waals surface area contributed by atoms with Gasteiger partial charge in [0, 0.05) is 5.92 Å². The van der Waals surface area contributed by atoms with E-state index in [9.17, 15) is 4.79 Å². The molecular formula is C9H14O3. The topological polar surface area (TPSA) is 35.5 Å². The predicted molar refractivity (Wildman–Crippen MR) is 42.6 cm³/mol. The van der Waals surface area contributed by atoms with Crippen molar-refractivity contribution < 1.29 is 14.3 Å². The largest absolute Gasteiger partial charge is 0.345 e. The number of fused-ring (bicyclic) bond motifs is 1. The molecule has 0 aromatic heterocycles. The zero-order valence-corrected chi connectivity index (χ0v) is 7.45. The van der Waals surface area contributed by atoms with Crippen LogP contribution in [0.2, 0.25) is 0 Å². The van der Waals surface area contributed by atoms with Crippen LogP contribution in [0.25, 0.3) is 0 Å². The van der Waals surface area contributed by atoms with Crippen LogP contribution in [0.5, 0.6) is 0 Å². The lowest BCUT2D eigenvalue weighted by Gasteiger charge is -2.18. The van der Waals surface area contributed by atoms with Crippen molar-refractivity contribution in [3.05, 3.63) is 0 Å². The molecule has 68 valence electrons. The van der Waals surface area contributed by atoms with E-state index in [-0.39, 0.29) is 18.1 Å². The zero-order chi connectivity index (χ0) is 8.77. The van der Waals surface area contributed by atoms with Gasteiger partial charge < -0.3 is 14.3 Å². The van der Waals surface area contributed by atoms with Crippen LogP contribution in [0.4, 0.5) is 0 Å². The van der Waals surface area contributed by atoms with Crippen molar-refractivity contribution in [3.63, 3.8) is 0 Å². The lowest BCUT2D eigenvalue weighted by molar-refractivity contribution is -0.154. The molecule has 2 aliphatic rings. The second-order valence-electron chi connectivity index (χ2n) is 4.08. The highest BCUT2D eigenvalue weighted by molar-refractivity contribution is 5.54. The van der Waals surface area contributed by atoms with Gasteiger partial charge in [0.1, 0.15) is 6.29 Å². The Morgan fingerprint density at radius 1 is 1.25 bits per heavy atom. The second-order valence-corrected chi connectivity index (χ2v) is 4.08. The zero-order valence-electron chi connectivity index (χ0n) is 7.45. The molecule has 0 amide bonds. The van der Waals surface area contributed by atoms with E-state index in [1.165, 1.54) is 0 Å². The highest BCUT2D eigenvalue weighted by Crippen LogP contribution is 2.39. The Balaban J connectivity index is 2.02. The summed E-state index contributed by atoms with van der Waals surface area (Å²) in [6, 6.07) is 0. The van der Waals surface area contributed by atoms with Gasteiger partial charge in [0.25, 0.3) is 0 Å². The Morgan fingerprint density at radius 3 is 2.17 bits per heavy atom. The summed E-state index contributed by atoms with van der Waals surface area (Å²) in [4.78, 5) is 10.5. The average molecular weight is 170 g/mol. The standard InChI is InChI=1S/C9H14O3/c1-9(2)11-7-3-6(5-10)4-8(7)12-9/h5-8H,3-4H2,1-2H3. The van der Waals surface area contributed by atoms with Gasteiger partial charge in [-0.25, -0.2) is 0 Å². The molecule has 1 saturated heterocycles. The third kappa shape index (κ3) is 1.27. The van der Waals surface area contributed by atoms with Crippen molar-refractivity contribution in [2.45, 2.75) is 44.7 Å². The minimum atomic E-state index is -0.441. The van der Waals surface area contributed by atoms with Crippen molar-refractivity contribution >= 4 is 6.29 Å². The van der Waals surface area contributed by atoms with E-state index < -0.39 is 5.79 Å². The first-order valence-electron chi connectivity index (χ1n) is 4.42. The lowest BCUT2D eigenvalue weighted by atomic mass is 10.1. The van der Waals surface area contributed by atoms with Crippen molar-refractivity contribution in [3.8, 4) is 0 Å². The summed E-state index contributed by atoms with van der Waals surface area (Å²) >= 11 is 0. The fraction of sp³-hybridized carbons (Fsp3) is 0.889. The number of carbonyl (C=O) groups is 1. The molecule has 0 aromatic rings. The first-order valence-corrected chi connectivity index (χ1v) is 4.42. The van der Waals surface area contributed by atoms with Crippen LogP contribution >= 0.6 is 0 Å². The molecule has 1 heterocycles. The van der Waals surface area contributed by atoms with Gasteiger partial charge in [-0.05, 0) is 26.7 Å². The van der Waals surface area contributed by atoms with Crippen LogP contribution in [-0.2, 0) is 14.3 Å². The van der Waals surface area contributed by atoms with E-state index in [0.717, 1.165) is 19.1 Å². The third-order valence-corrected chi connectivity index (χ3v) is 2.55. The van der Waals surface area contributed by atoms with Gasteiger partial charge in [-0.15, -0.1) is 0 Å². The van der Waals surface area contributed by atoms with E-state index >= 15 is 0 Å². The molecule has 0 N–H and O–H groups in total. The Bertz CT molecular complexity index is 184. The lowest BCUT2D eigenvalue weighted by Crippen LogP contribution is -2.23. The SMILES string of the molecule is CC1(C)OC2CC(C=O)CC2O1. The van der Waals surface area contributed by atoms with Gasteiger partial charge in [0.15, 0.2) is 5.79 Å². The molecule has 2 fully saturated rings. The quantitative estimate of drug-likeness (QED) is 0.553. The molecule has 1 aliphatic carbocycles. The van der Waals surface area contributed by atoms with Crippen LogP contribution in [0.15, 0.2) is 0 Å². The van der Waals surface area contributed by atoms with E-state index in [1.54, 1.807) is 0 Å². The van der Waals surface area contributed by atoms with Crippen LogP contribution in [-0.4, -0.2) is 24.3 Å². The van der Waals surface area contributed by atoms with Gasteiger partial charge in [-0.2, -0.15) is 0 Å². The number of hydrogen-bond acceptors (Lipinski definition) is 3. The molecular weight excluding hydrogens is 156 g/mol. The Kier molecular flexibility index (Phi) is 1.73. The summed E-state index contributed by atoms with van der Waals surface area (Å²) in [7, 11) is 0. The summed E-state index contributed by atoms with van der Waals surface area (Å²) in [5.41, 5.74) is 0. The molecule has 2 rings (SSSR count). The fourth-order valence-corrected chi connectivity index (χ4v) is 2.11. The molecule has 2 unspecified atom stereocenters. The van der Waals surface area contributed by atoms with Crippen LogP contribution in [0.3, 0.4) is 0 Å². The maximum atomic E-state index is 10.5. The van der Waals surface area contributed by atoms with Gasteiger partial charge in [-0.3, -0.25) is 0 Å². The van der Waals surface area contributed by atoms with Crippen LogP contribution in [0.1, 0.15) is 26.7 Å². The highest BCUT2D eigenvalue weighted by atomic mass is 16.8. The summed E-state index contributed by atoms with van der Waals surface area (Å²) in [5.74, 6) is -0.292. The molecule has 3 nitrogen and oxygen atoms in total. The Hall–Kier alpha value is -0.410. The predicted octanol–water partition coefficient (Wildman–Crippen LogP) is 1.12. The number of carbonyl (C=O) groups excluding carboxylic acids is 1. The number of aldehydes is 1. The second kappa shape index (κ2) is 2.54. The molecule has 0 spiro atoms. The van der Waals surface area contributed by atoms with Gasteiger partial charge in [0.05, 0.1) is 12.2 Å². The summed E-state index contributed by atoms with van der Waals surface area (Å²) in [6.07, 6.45) is 2.97. The molecule has 12 heavy (non-hydrogen) atoms. The number of hydrogen-bond donors (Lipinski definition) is 0. The first-order chi connectivity index (χ1) is 5.61. The normalized spacial score (nSPS) is 44.3. The van der Waals surface area contributed by atoms with E-state index in [1.807, 2.05) is 13.8 Å². The molecule has 0 aromatic carbocycles. The Labute approximate surface area is 72.0 Å². The maximum absolute atomic E-state index is 10.5. The third-order valence-electron chi connectivity index (χ3n) is 2.55. The molecule has 3 heteroatoms. The molecule has 1 saturated carbocycles. The first kappa shape index (κ1) is 8.20. The molecule has 0 bridgehead atoms. The van der Waals surface area contributed by atoms with E-state index in [0.29, 0.717) is 0 Å². The number of ether oxygens (including phenoxy) is 2.